The van der Waals surface area contributed by atoms with Gasteiger partial charge in [-0.3, -0.25) is 9.69 Å². The van der Waals surface area contributed by atoms with Crippen LogP contribution in [0.15, 0.2) is 48.5 Å². The van der Waals surface area contributed by atoms with E-state index < -0.39 is 53.9 Å². The lowest BCUT2D eigenvalue weighted by Gasteiger charge is -2.40. The summed E-state index contributed by atoms with van der Waals surface area (Å²) >= 11 is 6.20. The van der Waals surface area contributed by atoms with Crippen LogP contribution in [0.4, 0.5) is 28.0 Å². The SMILES string of the molecule is C[C@H]1c2ccc(C(=O)N(CCO)Cc3c(F)cc(F)cc3F)cc2N(Cc2c(F)cccc2Cl)C(=O)N1C. The molecule has 0 radical (unpaired) electrons. The van der Waals surface area contributed by atoms with Gasteiger partial charge in [0.25, 0.3) is 5.91 Å². The Morgan fingerprint density at radius 3 is 2.34 bits per heavy atom. The van der Waals surface area contributed by atoms with Crippen LogP contribution in [0, 0.1) is 23.3 Å². The number of fused-ring (bicyclic) bond motifs is 1. The van der Waals surface area contributed by atoms with Crippen molar-refractivity contribution < 1.29 is 32.3 Å². The molecule has 4 rings (SSSR count). The number of urea groups is 1. The van der Waals surface area contributed by atoms with Crippen molar-refractivity contribution >= 4 is 29.2 Å². The lowest BCUT2D eigenvalue weighted by atomic mass is 9.98. The van der Waals surface area contributed by atoms with E-state index in [9.17, 15) is 32.3 Å². The van der Waals surface area contributed by atoms with Crippen LogP contribution < -0.4 is 4.90 Å². The standard InChI is InChI=1S/C27H24ClF4N3O3/c1-15-18-7-6-16(26(37)34(8-9-36)13-20-23(31)11-17(29)12-24(20)32)10-25(18)35(27(38)33(15)2)14-19-21(28)4-3-5-22(19)30/h3-7,10-12,15,36H,8-9,13-14H2,1-2H3/t15-/m0/s1. The molecule has 0 unspecified atom stereocenters. The topological polar surface area (TPSA) is 64.1 Å². The summed E-state index contributed by atoms with van der Waals surface area (Å²) in [5, 5.41) is 9.62. The minimum atomic E-state index is -1.17. The van der Waals surface area contributed by atoms with E-state index in [0.717, 1.165) is 4.90 Å². The fourth-order valence-electron chi connectivity index (χ4n) is 4.40. The highest BCUT2D eigenvalue weighted by atomic mass is 35.5. The number of nitrogens with zero attached hydrogens (tertiary/aromatic N) is 3. The summed E-state index contributed by atoms with van der Waals surface area (Å²) < 4.78 is 56.5. The Labute approximate surface area is 221 Å². The Hall–Kier alpha value is -3.63. The number of rotatable bonds is 7. The molecule has 3 aromatic carbocycles. The third-order valence-corrected chi connectivity index (χ3v) is 6.98. The van der Waals surface area contributed by atoms with Crippen molar-refractivity contribution in [2.45, 2.75) is 26.1 Å². The third-order valence-electron chi connectivity index (χ3n) is 6.62. The van der Waals surface area contributed by atoms with Crippen molar-refractivity contribution in [3.63, 3.8) is 0 Å². The summed E-state index contributed by atoms with van der Waals surface area (Å²) in [5.74, 6) is -4.72. The molecule has 11 heteroatoms. The Kier molecular flexibility index (Phi) is 7.94. The molecular formula is C27H24ClF4N3O3. The van der Waals surface area contributed by atoms with E-state index in [2.05, 4.69) is 0 Å². The van der Waals surface area contributed by atoms with Gasteiger partial charge in [-0.25, -0.2) is 22.4 Å². The van der Waals surface area contributed by atoms with Crippen LogP contribution >= 0.6 is 11.6 Å². The maximum absolute atomic E-state index is 14.6. The predicted molar refractivity (Wildman–Crippen MR) is 134 cm³/mol. The Bertz CT molecular complexity index is 1360. The van der Waals surface area contributed by atoms with Gasteiger partial charge < -0.3 is 14.9 Å². The monoisotopic (exact) mass is 549 g/mol. The second-order valence-electron chi connectivity index (χ2n) is 8.93. The summed E-state index contributed by atoms with van der Waals surface area (Å²) in [4.78, 5) is 30.4. The first-order valence-electron chi connectivity index (χ1n) is 11.7. The van der Waals surface area contributed by atoms with E-state index in [0.29, 0.717) is 23.4 Å². The van der Waals surface area contributed by atoms with Gasteiger partial charge in [0.15, 0.2) is 0 Å². The number of amides is 3. The van der Waals surface area contributed by atoms with E-state index in [4.69, 9.17) is 11.6 Å². The van der Waals surface area contributed by atoms with Crippen LogP contribution in [0.2, 0.25) is 5.02 Å². The zero-order valence-corrected chi connectivity index (χ0v) is 21.3. The maximum Gasteiger partial charge on any atom is 0.325 e. The summed E-state index contributed by atoms with van der Waals surface area (Å²) in [6, 6.07) is 8.95. The number of aliphatic hydroxyl groups excluding tert-OH is 1. The molecule has 0 fully saturated rings. The number of carbonyl (C=O) groups excluding carboxylic acids is 2. The molecule has 1 N–H and O–H groups in total. The predicted octanol–water partition coefficient (Wildman–Crippen LogP) is 5.66. The number of halogens is 5. The van der Waals surface area contributed by atoms with Crippen LogP contribution in [-0.2, 0) is 13.1 Å². The molecule has 0 aliphatic carbocycles. The molecule has 0 aromatic heterocycles. The van der Waals surface area contributed by atoms with E-state index in [1.165, 1.54) is 40.1 Å². The lowest BCUT2D eigenvalue weighted by Crippen LogP contribution is -2.46. The number of hydrogen-bond acceptors (Lipinski definition) is 3. The largest absolute Gasteiger partial charge is 0.395 e. The first kappa shape index (κ1) is 27.4. The Morgan fingerprint density at radius 1 is 1.03 bits per heavy atom. The quantitative estimate of drug-likeness (QED) is 0.387. The smallest absolute Gasteiger partial charge is 0.325 e. The van der Waals surface area contributed by atoms with Gasteiger partial charge >= 0.3 is 6.03 Å². The number of aliphatic hydroxyl groups is 1. The number of benzene rings is 3. The van der Waals surface area contributed by atoms with Crippen molar-refractivity contribution in [3.8, 4) is 0 Å². The highest BCUT2D eigenvalue weighted by Gasteiger charge is 2.35. The van der Waals surface area contributed by atoms with Gasteiger partial charge in [-0.2, -0.15) is 0 Å². The molecule has 6 nitrogen and oxygen atoms in total. The molecule has 38 heavy (non-hydrogen) atoms. The first-order chi connectivity index (χ1) is 18.0. The molecular weight excluding hydrogens is 526 g/mol. The van der Waals surface area contributed by atoms with Gasteiger partial charge in [0.2, 0.25) is 0 Å². The fraction of sp³-hybridized carbons (Fsp3) is 0.259. The minimum absolute atomic E-state index is 0.0642. The number of anilines is 1. The molecule has 0 bridgehead atoms. The second-order valence-corrected chi connectivity index (χ2v) is 9.33. The molecule has 200 valence electrons. The normalized spacial score (nSPS) is 15.1. The van der Waals surface area contributed by atoms with Crippen LogP contribution in [0.25, 0.3) is 0 Å². The van der Waals surface area contributed by atoms with Gasteiger partial charge in [0.05, 0.1) is 31.4 Å². The average Bonchev–Trinajstić information content (AvgIpc) is 2.87. The number of hydrogen-bond donors (Lipinski definition) is 1. The zero-order valence-electron chi connectivity index (χ0n) is 20.5. The van der Waals surface area contributed by atoms with E-state index in [-0.39, 0.29) is 35.3 Å². The fourth-order valence-corrected chi connectivity index (χ4v) is 4.62. The molecule has 0 saturated carbocycles. The summed E-state index contributed by atoms with van der Waals surface area (Å²) in [5.41, 5.74) is 0.647. The van der Waals surface area contributed by atoms with Gasteiger partial charge in [0.1, 0.15) is 23.3 Å². The zero-order chi connectivity index (χ0) is 27.7. The van der Waals surface area contributed by atoms with Crippen LogP contribution in [0.1, 0.15) is 40.0 Å². The van der Waals surface area contributed by atoms with Crippen LogP contribution in [0.3, 0.4) is 0 Å². The molecule has 1 heterocycles. The third kappa shape index (κ3) is 5.19. The number of carbonyl (C=O) groups is 2. The van der Waals surface area contributed by atoms with Crippen molar-refractivity contribution in [3.05, 3.63) is 99.1 Å². The van der Waals surface area contributed by atoms with Crippen molar-refractivity contribution in [2.75, 3.05) is 25.1 Å². The van der Waals surface area contributed by atoms with Crippen molar-refractivity contribution in [1.82, 2.24) is 9.80 Å². The van der Waals surface area contributed by atoms with Crippen molar-refractivity contribution in [1.29, 1.82) is 0 Å². The van der Waals surface area contributed by atoms with Gasteiger partial charge in [-0.1, -0.05) is 23.7 Å². The summed E-state index contributed by atoms with van der Waals surface area (Å²) in [6.45, 7) is 0.251. The maximum atomic E-state index is 14.6. The molecule has 1 atom stereocenters. The Morgan fingerprint density at radius 2 is 1.71 bits per heavy atom. The molecule has 3 amide bonds. The van der Waals surface area contributed by atoms with Crippen LogP contribution in [-0.4, -0.2) is 47.0 Å². The molecule has 0 spiro atoms. The van der Waals surface area contributed by atoms with E-state index in [1.807, 2.05) is 0 Å². The van der Waals surface area contributed by atoms with Crippen molar-refractivity contribution in [2.24, 2.45) is 0 Å². The van der Waals surface area contributed by atoms with Gasteiger partial charge in [0, 0.05) is 47.4 Å². The van der Waals surface area contributed by atoms with Crippen LogP contribution in [0.5, 0.6) is 0 Å². The molecule has 1 aliphatic heterocycles. The highest BCUT2D eigenvalue weighted by Crippen LogP contribution is 2.38. The minimum Gasteiger partial charge on any atom is -0.395 e. The molecule has 0 saturated heterocycles. The first-order valence-corrected chi connectivity index (χ1v) is 12.1. The average molecular weight is 550 g/mol. The van der Waals surface area contributed by atoms with E-state index in [1.54, 1.807) is 20.0 Å². The lowest BCUT2D eigenvalue weighted by molar-refractivity contribution is 0.0704. The van der Waals surface area contributed by atoms with Gasteiger partial charge in [-0.15, -0.1) is 0 Å². The Balaban J connectivity index is 1.73. The van der Waals surface area contributed by atoms with E-state index >= 15 is 0 Å². The molecule has 3 aromatic rings. The van der Waals surface area contributed by atoms with Gasteiger partial charge in [-0.05, 0) is 36.8 Å². The summed E-state index contributed by atoms with van der Waals surface area (Å²) in [7, 11) is 1.60. The molecule has 1 aliphatic rings. The second kappa shape index (κ2) is 11.0. The highest BCUT2D eigenvalue weighted by molar-refractivity contribution is 6.31. The summed E-state index contributed by atoms with van der Waals surface area (Å²) in [6.07, 6.45) is 0.